The van der Waals surface area contributed by atoms with E-state index in [2.05, 4.69) is 50.4 Å². The summed E-state index contributed by atoms with van der Waals surface area (Å²) in [6, 6.07) is 9.06. The maximum Gasteiger partial charge on any atom is 0.119 e. The molecule has 2 heteroatoms. The standard InChI is InChI=1S/C15H23NO/c1-11(2)17-14-8-6-13(7-9-14)15-12(3)5-4-10-16-15/h6-9,11-12,15-16H,4-5,10H2,1-3H3. The van der Waals surface area contributed by atoms with Gasteiger partial charge in [-0.15, -0.1) is 0 Å². The molecule has 1 heterocycles. The predicted molar refractivity (Wildman–Crippen MR) is 71.3 cm³/mol. The highest BCUT2D eigenvalue weighted by Crippen LogP contribution is 2.29. The number of rotatable bonds is 3. The first-order valence-electron chi connectivity index (χ1n) is 6.67. The summed E-state index contributed by atoms with van der Waals surface area (Å²) in [7, 11) is 0. The summed E-state index contributed by atoms with van der Waals surface area (Å²) in [6.45, 7) is 7.58. The van der Waals surface area contributed by atoms with Gasteiger partial charge in [-0.05, 0) is 56.8 Å². The first-order chi connectivity index (χ1) is 8.16. The van der Waals surface area contributed by atoms with Crippen LogP contribution in [0, 0.1) is 5.92 Å². The maximum absolute atomic E-state index is 5.66. The van der Waals surface area contributed by atoms with E-state index in [-0.39, 0.29) is 6.10 Å². The molecule has 0 spiro atoms. The minimum Gasteiger partial charge on any atom is -0.491 e. The van der Waals surface area contributed by atoms with Crippen LogP contribution in [-0.2, 0) is 0 Å². The van der Waals surface area contributed by atoms with Crippen LogP contribution in [0.15, 0.2) is 24.3 Å². The molecule has 0 radical (unpaired) electrons. The van der Waals surface area contributed by atoms with Gasteiger partial charge in [-0.25, -0.2) is 0 Å². The largest absolute Gasteiger partial charge is 0.491 e. The summed E-state index contributed by atoms with van der Waals surface area (Å²) >= 11 is 0. The van der Waals surface area contributed by atoms with Crippen LogP contribution in [0.2, 0.25) is 0 Å². The Morgan fingerprint density at radius 3 is 2.53 bits per heavy atom. The van der Waals surface area contributed by atoms with E-state index in [9.17, 15) is 0 Å². The van der Waals surface area contributed by atoms with E-state index in [0.29, 0.717) is 6.04 Å². The van der Waals surface area contributed by atoms with Crippen LogP contribution < -0.4 is 10.1 Å². The normalized spacial score (nSPS) is 24.9. The Morgan fingerprint density at radius 1 is 1.24 bits per heavy atom. The molecule has 1 aliphatic rings. The second kappa shape index (κ2) is 5.54. The lowest BCUT2D eigenvalue weighted by Crippen LogP contribution is -2.32. The molecule has 1 fully saturated rings. The molecule has 0 aliphatic carbocycles. The van der Waals surface area contributed by atoms with Crippen molar-refractivity contribution in [2.75, 3.05) is 6.54 Å². The number of hydrogen-bond acceptors (Lipinski definition) is 2. The number of benzene rings is 1. The zero-order valence-corrected chi connectivity index (χ0v) is 11.1. The number of piperidine rings is 1. The highest BCUT2D eigenvalue weighted by molar-refractivity contribution is 5.29. The zero-order valence-electron chi connectivity index (χ0n) is 11.1. The fourth-order valence-electron chi connectivity index (χ4n) is 2.52. The van der Waals surface area contributed by atoms with Crippen molar-refractivity contribution in [3.63, 3.8) is 0 Å². The highest BCUT2D eigenvalue weighted by atomic mass is 16.5. The van der Waals surface area contributed by atoms with Gasteiger partial charge in [0.2, 0.25) is 0 Å². The van der Waals surface area contributed by atoms with Crippen LogP contribution in [0.4, 0.5) is 0 Å². The molecule has 2 atom stereocenters. The topological polar surface area (TPSA) is 21.3 Å². The van der Waals surface area contributed by atoms with Crippen LogP contribution in [0.3, 0.4) is 0 Å². The quantitative estimate of drug-likeness (QED) is 0.862. The summed E-state index contributed by atoms with van der Waals surface area (Å²) in [6.07, 6.45) is 2.86. The molecule has 0 aromatic heterocycles. The zero-order chi connectivity index (χ0) is 12.3. The van der Waals surface area contributed by atoms with Gasteiger partial charge in [-0.3, -0.25) is 0 Å². The van der Waals surface area contributed by atoms with Gasteiger partial charge >= 0.3 is 0 Å². The van der Waals surface area contributed by atoms with E-state index < -0.39 is 0 Å². The van der Waals surface area contributed by atoms with Crippen molar-refractivity contribution >= 4 is 0 Å². The smallest absolute Gasteiger partial charge is 0.119 e. The summed E-state index contributed by atoms with van der Waals surface area (Å²) in [4.78, 5) is 0. The third kappa shape index (κ3) is 3.22. The van der Waals surface area contributed by atoms with Crippen molar-refractivity contribution in [2.45, 2.75) is 45.8 Å². The molecule has 1 saturated heterocycles. The van der Waals surface area contributed by atoms with Crippen molar-refractivity contribution in [3.8, 4) is 5.75 Å². The number of nitrogens with one attached hydrogen (secondary N) is 1. The minimum atomic E-state index is 0.243. The molecule has 1 aliphatic heterocycles. The second-order valence-electron chi connectivity index (χ2n) is 5.29. The Bertz CT molecular complexity index is 344. The second-order valence-corrected chi connectivity index (χ2v) is 5.29. The van der Waals surface area contributed by atoms with E-state index in [1.54, 1.807) is 0 Å². The molecule has 17 heavy (non-hydrogen) atoms. The Balaban J connectivity index is 2.06. The molecule has 1 aromatic rings. The average molecular weight is 233 g/mol. The van der Waals surface area contributed by atoms with Crippen LogP contribution in [0.25, 0.3) is 0 Å². The molecular weight excluding hydrogens is 210 g/mol. The van der Waals surface area contributed by atoms with Gasteiger partial charge in [0.05, 0.1) is 6.10 Å². The van der Waals surface area contributed by atoms with Gasteiger partial charge < -0.3 is 10.1 Å². The number of hydrogen-bond donors (Lipinski definition) is 1. The van der Waals surface area contributed by atoms with Gasteiger partial charge in [-0.1, -0.05) is 19.1 Å². The third-order valence-electron chi connectivity index (χ3n) is 3.38. The molecule has 1 aromatic carbocycles. The summed E-state index contributed by atoms with van der Waals surface area (Å²) in [5.74, 6) is 1.69. The van der Waals surface area contributed by atoms with Crippen molar-refractivity contribution in [1.82, 2.24) is 5.32 Å². The first-order valence-corrected chi connectivity index (χ1v) is 6.67. The summed E-state index contributed by atoms with van der Waals surface area (Å²) in [5.41, 5.74) is 1.38. The lowest BCUT2D eigenvalue weighted by Gasteiger charge is -2.30. The molecule has 2 rings (SSSR count). The lowest BCUT2D eigenvalue weighted by molar-refractivity contribution is 0.242. The van der Waals surface area contributed by atoms with E-state index in [1.165, 1.54) is 18.4 Å². The predicted octanol–water partition coefficient (Wildman–Crippen LogP) is 3.53. The molecule has 0 amide bonds. The van der Waals surface area contributed by atoms with Crippen LogP contribution >= 0.6 is 0 Å². The Labute approximate surface area is 104 Å². The van der Waals surface area contributed by atoms with Gasteiger partial charge in [0, 0.05) is 6.04 Å². The molecule has 2 unspecified atom stereocenters. The van der Waals surface area contributed by atoms with Crippen LogP contribution in [0.1, 0.15) is 45.2 Å². The molecule has 0 saturated carbocycles. The van der Waals surface area contributed by atoms with Crippen molar-refractivity contribution < 1.29 is 4.74 Å². The van der Waals surface area contributed by atoms with Crippen molar-refractivity contribution in [3.05, 3.63) is 29.8 Å². The summed E-state index contributed by atoms with van der Waals surface area (Å²) in [5, 5.41) is 3.60. The molecule has 1 N–H and O–H groups in total. The fraction of sp³-hybridized carbons (Fsp3) is 0.600. The van der Waals surface area contributed by atoms with Gasteiger partial charge in [-0.2, -0.15) is 0 Å². The van der Waals surface area contributed by atoms with Crippen LogP contribution in [0.5, 0.6) is 5.75 Å². The fourth-order valence-corrected chi connectivity index (χ4v) is 2.52. The van der Waals surface area contributed by atoms with Gasteiger partial charge in [0.25, 0.3) is 0 Å². The monoisotopic (exact) mass is 233 g/mol. The van der Waals surface area contributed by atoms with E-state index in [1.807, 2.05) is 0 Å². The van der Waals surface area contributed by atoms with Gasteiger partial charge in [0.1, 0.15) is 5.75 Å². The summed E-state index contributed by atoms with van der Waals surface area (Å²) < 4.78 is 5.66. The van der Waals surface area contributed by atoms with Crippen molar-refractivity contribution in [1.29, 1.82) is 0 Å². The number of ether oxygens (including phenoxy) is 1. The molecular formula is C15H23NO. The highest BCUT2D eigenvalue weighted by Gasteiger charge is 2.21. The third-order valence-corrected chi connectivity index (χ3v) is 3.38. The average Bonchev–Trinajstić information content (AvgIpc) is 2.30. The van der Waals surface area contributed by atoms with E-state index >= 15 is 0 Å². The minimum absolute atomic E-state index is 0.243. The SMILES string of the molecule is CC(C)Oc1ccc(C2NCCCC2C)cc1. The molecule has 0 bridgehead atoms. The van der Waals surface area contributed by atoms with Gasteiger partial charge in [0.15, 0.2) is 0 Å². The van der Waals surface area contributed by atoms with E-state index in [4.69, 9.17) is 4.74 Å². The molecule has 94 valence electrons. The van der Waals surface area contributed by atoms with Crippen LogP contribution in [-0.4, -0.2) is 12.6 Å². The molecule has 2 nitrogen and oxygen atoms in total. The Kier molecular flexibility index (Phi) is 4.06. The maximum atomic E-state index is 5.66. The Morgan fingerprint density at radius 2 is 1.94 bits per heavy atom. The van der Waals surface area contributed by atoms with Crippen molar-refractivity contribution in [2.24, 2.45) is 5.92 Å². The van der Waals surface area contributed by atoms with E-state index in [0.717, 1.165) is 18.2 Å². The Hall–Kier alpha value is -1.02. The first kappa shape index (κ1) is 12.4. The lowest BCUT2D eigenvalue weighted by atomic mass is 9.88.